The summed E-state index contributed by atoms with van der Waals surface area (Å²) in [6.07, 6.45) is 0. The van der Waals surface area contributed by atoms with Crippen LogP contribution in [0.15, 0.2) is 9.59 Å². The van der Waals surface area contributed by atoms with Gasteiger partial charge in [-0.15, -0.1) is 5.10 Å². The molecule has 1 aromatic heterocycles. The average Bonchev–Trinajstić information content (AvgIpc) is 2.16. The SMILES string of the molecule is CC(CN)CNc1n[nH]c(=O)[nH]c1=O. The van der Waals surface area contributed by atoms with E-state index in [4.69, 9.17) is 5.73 Å². The standard InChI is InChI=1S/C7H13N5O2/c1-4(2-8)3-9-5-6(13)10-7(14)12-11-5/h4H,2-3,8H2,1H3,(H,9,11)(H2,10,12,13,14). The molecule has 1 rings (SSSR count). The van der Waals surface area contributed by atoms with Crippen LogP contribution in [0.3, 0.4) is 0 Å². The van der Waals surface area contributed by atoms with Crippen molar-refractivity contribution in [1.29, 1.82) is 0 Å². The second kappa shape index (κ2) is 4.56. The van der Waals surface area contributed by atoms with Gasteiger partial charge in [-0.2, -0.15) is 0 Å². The van der Waals surface area contributed by atoms with Gasteiger partial charge in [0.1, 0.15) is 0 Å². The maximum absolute atomic E-state index is 11.1. The van der Waals surface area contributed by atoms with Gasteiger partial charge in [0.15, 0.2) is 0 Å². The van der Waals surface area contributed by atoms with E-state index in [2.05, 4.69) is 20.5 Å². The summed E-state index contributed by atoms with van der Waals surface area (Å²) in [6, 6.07) is 0. The number of aromatic amines is 2. The van der Waals surface area contributed by atoms with Crippen LogP contribution >= 0.6 is 0 Å². The molecular weight excluding hydrogens is 186 g/mol. The van der Waals surface area contributed by atoms with Gasteiger partial charge in [0.2, 0.25) is 5.82 Å². The minimum absolute atomic E-state index is 0.102. The number of aromatic nitrogens is 3. The maximum Gasteiger partial charge on any atom is 0.342 e. The number of H-pyrrole nitrogens is 2. The molecule has 0 bridgehead atoms. The molecule has 0 saturated carbocycles. The molecule has 7 nitrogen and oxygen atoms in total. The minimum Gasteiger partial charge on any atom is -0.364 e. The molecule has 1 heterocycles. The van der Waals surface area contributed by atoms with Crippen molar-refractivity contribution in [1.82, 2.24) is 15.2 Å². The fourth-order valence-corrected chi connectivity index (χ4v) is 0.822. The van der Waals surface area contributed by atoms with Crippen molar-refractivity contribution >= 4 is 5.82 Å². The molecule has 0 radical (unpaired) electrons. The Morgan fingerprint density at radius 2 is 2.29 bits per heavy atom. The zero-order valence-corrected chi connectivity index (χ0v) is 7.83. The van der Waals surface area contributed by atoms with Crippen LogP contribution < -0.4 is 22.3 Å². The fraction of sp³-hybridized carbons (Fsp3) is 0.571. The van der Waals surface area contributed by atoms with Crippen LogP contribution in [0.5, 0.6) is 0 Å². The summed E-state index contributed by atoms with van der Waals surface area (Å²) in [6.45, 7) is 3.00. The number of rotatable bonds is 4. The molecule has 78 valence electrons. The highest BCUT2D eigenvalue weighted by Gasteiger charge is 2.03. The second-order valence-electron chi connectivity index (χ2n) is 3.08. The van der Waals surface area contributed by atoms with Crippen molar-refractivity contribution in [3.05, 3.63) is 20.8 Å². The minimum atomic E-state index is -0.618. The van der Waals surface area contributed by atoms with Crippen LogP contribution in [-0.2, 0) is 0 Å². The van der Waals surface area contributed by atoms with Crippen LogP contribution in [0, 0.1) is 5.92 Å². The zero-order valence-electron chi connectivity index (χ0n) is 7.83. The van der Waals surface area contributed by atoms with Gasteiger partial charge >= 0.3 is 5.69 Å². The molecule has 0 saturated heterocycles. The molecule has 7 heteroatoms. The number of anilines is 1. The lowest BCUT2D eigenvalue weighted by atomic mass is 10.2. The van der Waals surface area contributed by atoms with E-state index in [9.17, 15) is 9.59 Å². The van der Waals surface area contributed by atoms with E-state index in [-0.39, 0.29) is 11.7 Å². The Morgan fingerprint density at radius 3 is 2.86 bits per heavy atom. The van der Waals surface area contributed by atoms with Crippen LogP contribution in [0.2, 0.25) is 0 Å². The van der Waals surface area contributed by atoms with E-state index in [0.29, 0.717) is 13.1 Å². The van der Waals surface area contributed by atoms with Gasteiger partial charge < -0.3 is 11.1 Å². The highest BCUT2D eigenvalue weighted by atomic mass is 16.2. The smallest absolute Gasteiger partial charge is 0.342 e. The molecule has 0 aromatic carbocycles. The Bertz CT molecular complexity index is 396. The molecule has 1 unspecified atom stereocenters. The summed E-state index contributed by atoms with van der Waals surface area (Å²) >= 11 is 0. The third-order valence-electron chi connectivity index (χ3n) is 1.73. The zero-order chi connectivity index (χ0) is 10.6. The van der Waals surface area contributed by atoms with E-state index >= 15 is 0 Å². The Labute approximate surface area is 79.7 Å². The van der Waals surface area contributed by atoms with E-state index < -0.39 is 11.2 Å². The quantitative estimate of drug-likeness (QED) is 0.469. The molecule has 5 N–H and O–H groups in total. The molecule has 14 heavy (non-hydrogen) atoms. The lowest BCUT2D eigenvalue weighted by Crippen LogP contribution is -2.29. The van der Waals surface area contributed by atoms with E-state index in [0.717, 1.165) is 0 Å². The molecule has 0 fully saturated rings. The molecule has 0 aliphatic heterocycles. The summed E-state index contributed by atoms with van der Waals surface area (Å²) in [4.78, 5) is 23.8. The van der Waals surface area contributed by atoms with E-state index in [1.807, 2.05) is 6.92 Å². The Kier molecular flexibility index (Phi) is 3.41. The van der Waals surface area contributed by atoms with Gasteiger partial charge in [0, 0.05) is 6.54 Å². The first-order valence-corrected chi connectivity index (χ1v) is 4.26. The first-order chi connectivity index (χ1) is 6.63. The first kappa shape index (κ1) is 10.5. The van der Waals surface area contributed by atoms with Gasteiger partial charge in [-0.1, -0.05) is 6.92 Å². The molecule has 1 atom stereocenters. The van der Waals surface area contributed by atoms with Crippen molar-refractivity contribution in [2.75, 3.05) is 18.4 Å². The van der Waals surface area contributed by atoms with Gasteiger partial charge in [-0.05, 0) is 12.5 Å². The lowest BCUT2D eigenvalue weighted by molar-refractivity contribution is 0.625. The van der Waals surface area contributed by atoms with Crippen LogP contribution in [-0.4, -0.2) is 28.3 Å². The third-order valence-corrected chi connectivity index (χ3v) is 1.73. The van der Waals surface area contributed by atoms with E-state index in [1.54, 1.807) is 0 Å². The first-order valence-electron chi connectivity index (χ1n) is 4.26. The fourth-order valence-electron chi connectivity index (χ4n) is 0.822. The highest BCUT2D eigenvalue weighted by Crippen LogP contribution is 1.93. The lowest BCUT2D eigenvalue weighted by Gasteiger charge is -2.08. The Morgan fingerprint density at radius 1 is 1.57 bits per heavy atom. The van der Waals surface area contributed by atoms with Crippen molar-refractivity contribution in [3.8, 4) is 0 Å². The summed E-state index contributed by atoms with van der Waals surface area (Å²) in [5, 5.41) is 8.46. The predicted octanol–water partition coefficient (Wildman–Crippen LogP) is -1.54. The summed E-state index contributed by atoms with van der Waals surface area (Å²) in [5.41, 5.74) is 4.25. The summed E-state index contributed by atoms with van der Waals surface area (Å²) in [7, 11) is 0. The largest absolute Gasteiger partial charge is 0.364 e. The summed E-state index contributed by atoms with van der Waals surface area (Å²) < 4.78 is 0. The molecule has 0 aliphatic rings. The monoisotopic (exact) mass is 199 g/mol. The Balaban J connectivity index is 2.68. The van der Waals surface area contributed by atoms with Gasteiger partial charge in [0.25, 0.3) is 5.56 Å². The van der Waals surface area contributed by atoms with Crippen molar-refractivity contribution in [2.45, 2.75) is 6.92 Å². The van der Waals surface area contributed by atoms with Crippen molar-refractivity contribution in [3.63, 3.8) is 0 Å². The number of nitrogens with two attached hydrogens (primary N) is 1. The highest BCUT2D eigenvalue weighted by molar-refractivity contribution is 5.28. The molecule has 0 aliphatic carbocycles. The predicted molar refractivity (Wildman–Crippen MR) is 52.2 cm³/mol. The molecule has 0 spiro atoms. The summed E-state index contributed by atoms with van der Waals surface area (Å²) in [5.74, 6) is 0.341. The van der Waals surface area contributed by atoms with Crippen LogP contribution in [0.4, 0.5) is 5.82 Å². The van der Waals surface area contributed by atoms with Gasteiger partial charge in [-0.3, -0.25) is 9.78 Å². The number of nitrogens with one attached hydrogen (secondary N) is 3. The van der Waals surface area contributed by atoms with Crippen molar-refractivity contribution in [2.24, 2.45) is 11.7 Å². The van der Waals surface area contributed by atoms with Gasteiger partial charge in [0.05, 0.1) is 0 Å². The normalized spacial score (nSPS) is 12.4. The molecule has 0 amide bonds. The Hall–Kier alpha value is -1.63. The second-order valence-corrected chi connectivity index (χ2v) is 3.08. The topological polar surface area (TPSA) is 117 Å². The third kappa shape index (κ3) is 2.70. The maximum atomic E-state index is 11.1. The number of hydrogen-bond acceptors (Lipinski definition) is 5. The molecular formula is C7H13N5O2. The van der Waals surface area contributed by atoms with Gasteiger partial charge in [-0.25, -0.2) is 9.89 Å². The molecule has 1 aromatic rings. The number of hydrogen-bond donors (Lipinski definition) is 4. The van der Waals surface area contributed by atoms with Crippen molar-refractivity contribution < 1.29 is 0 Å². The van der Waals surface area contributed by atoms with Crippen LogP contribution in [0.25, 0.3) is 0 Å². The average molecular weight is 199 g/mol. The number of nitrogens with zero attached hydrogens (tertiary/aromatic N) is 1. The van der Waals surface area contributed by atoms with Crippen LogP contribution in [0.1, 0.15) is 6.92 Å². The van der Waals surface area contributed by atoms with E-state index in [1.165, 1.54) is 0 Å².